The molecule has 0 bridgehead atoms. The van der Waals surface area contributed by atoms with Gasteiger partial charge in [0.2, 0.25) is 0 Å². The summed E-state index contributed by atoms with van der Waals surface area (Å²) in [4.78, 5) is 25.7. The van der Waals surface area contributed by atoms with Gasteiger partial charge in [0.1, 0.15) is 11.5 Å². The first-order chi connectivity index (χ1) is 14.9. The van der Waals surface area contributed by atoms with Crippen LogP contribution in [0.25, 0.3) is 0 Å². The Hall–Kier alpha value is -3.03. The number of ether oxygens (including phenoxy) is 2. The quantitative estimate of drug-likeness (QED) is 0.500. The summed E-state index contributed by atoms with van der Waals surface area (Å²) in [5.74, 6) is 0.925. The van der Waals surface area contributed by atoms with Gasteiger partial charge in [0, 0.05) is 12.6 Å². The van der Waals surface area contributed by atoms with Crippen LogP contribution in [-0.4, -0.2) is 32.6 Å². The van der Waals surface area contributed by atoms with Crippen LogP contribution in [0.3, 0.4) is 0 Å². The fraction of sp³-hybridized carbons (Fsp3) is 0.217. The van der Waals surface area contributed by atoms with Crippen molar-refractivity contribution < 1.29 is 19.1 Å². The number of amides is 2. The standard InChI is InChI=1S/C23H23ClN2O4S/c1-14-12-20(26-22(27)17-6-4-5-7-18(17)24)31-21(14)23(28)25-11-10-15-8-9-16(29-2)13-19(15)30-3/h4-9,12-13H,10-11H2,1-3H3,(H,25,28)(H,26,27). The number of carbonyl (C=O) groups is 2. The van der Waals surface area contributed by atoms with Crippen molar-refractivity contribution >= 4 is 39.8 Å². The van der Waals surface area contributed by atoms with Crippen LogP contribution in [0.5, 0.6) is 11.5 Å². The molecular formula is C23H23ClN2O4S. The summed E-state index contributed by atoms with van der Waals surface area (Å²) >= 11 is 7.31. The lowest BCUT2D eigenvalue weighted by Crippen LogP contribution is -2.25. The molecule has 0 aliphatic carbocycles. The van der Waals surface area contributed by atoms with Crippen molar-refractivity contribution in [3.05, 3.63) is 75.1 Å². The van der Waals surface area contributed by atoms with Gasteiger partial charge in [0.15, 0.2) is 0 Å². The van der Waals surface area contributed by atoms with E-state index >= 15 is 0 Å². The number of hydrogen-bond acceptors (Lipinski definition) is 5. The van der Waals surface area contributed by atoms with E-state index < -0.39 is 0 Å². The molecule has 0 spiro atoms. The van der Waals surface area contributed by atoms with Crippen molar-refractivity contribution in [1.29, 1.82) is 0 Å². The topological polar surface area (TPSA) is 76.7 Å². The average molecular weight is 459 g/mol. The van der Waals surface area contributed by atoms with Crippen LogP contribution in [-0.2, 0) is 6.42 Å². The first-order valence-electron chi connectivity index (χ1n) is 9.58. The zero-order valence-electron chi connectivity index (χ0n) is 17.5. The molecule has 162 valence electrons. The molecule has 0 atom stereocenters. The van der Waals surface area contributed by atoms with E-state index in [4.69, 9.17) is 21.1 Å². The molecule has 0 fully saturated rings. The van der Waals surface area contributed by atoms with Gasteiger partial charge in [0.25, 0.3) is 11.8 Å². The molecular weight excluding hydrogens is 436 g/mol. The Balaban J connectivity index is 1.61. The summed E-state index contributed by atoms with van der Waals surface area (Å²) in [6, 6.07) is 14.2. The van der Waals surface area contributed by atoms with Gasteiger partial charge in [-0.2, -0.15) is 0 Å². The smallest absolute Gasteiger partial charge is 0.261 e. The number of hydrogen-bond donors (Lipinski definition) is 2. The van der Waals surface area contributed by atoms with Gasteiger partial charge in [0.05, 0.1) is 34.7 Å². The number of thiophene rings is 1. The maximum absolute atomic E-state index is 12.6. The fourth-order valence-corrected chi connectivity index (χ4v) is 4.25. The second-order valence-corrected chi connectivity index (χ2v) is 8.20. The first kappa shape index (κ1) is 22.7. The van der Waals surface area contributed by atoms with E-state index in [9.17, 15) is 9.59 Å². The van der Waals surface area contributed by atoms with E-state index in [1.807, 2.05) is 25.1 Å². The molecule has 0 unspecified atom stereocenters. The molecule has 0 aliphatic rings. The van der Waals surface area contributed by atoms with Gasteiger partial charge in [-0.1, -0.05) is 29.8 Å². The lowest BCUT2D eigenvalue weighted by atomic mass is 10.1. The van der Waals surface area contributed by atoms with E-state index in [2.05, 4.69) is 10.6 Å². The van der Waals surface area contributed by atoms with Gasteiger partial charge in [-0.25, -0.2) is 0 Å². The monoisotopic (exact) mass is 458 g/mol. The molecule has 2 N–H and O–H groups in total. The van der Waals surface area contributed by atoms with Crippen molar-refractivity contribution in [3.8, 4) is 11.5 Å². The maximum Gasteiger partial charge on any atom is 0.261 e. The van der Waals surface area contributed by atoms with Crippen LogP contribution in [0, 0.1) is 6.92 Å². The molecule has 3 aromatic rings. The highest BCUT2D eigenvalue weighted by Crippen LogP contribution is 2.28. The summed E-state index contributed by atoms with van der Waals surface area (Å²) in [6.07, 6.45) is 0.611. The van der Waals surface area contributed by atoms with Crippen LogP contribution >= 0.6 is 22.9 Å². The number of benzene rings is 2. The highest BCUT2D eigenvalue weighted by atomic mass is 35.5. The Kier molecular flexibility index (Phi) is 7.55. The molecule has 6 nitrogen and oxygen atoms in total. The van der Waals surface area contributed by atoms with E-state index in [0.717, 1.165) is 11.1 Å². The molecule has 0 aliphatic heterocycles. The van der Waals surface area contributed by atoms with E-state index in [0.29, 0.717) is 44.9 Å². The third kappa shape index (κ3) is 5.57. The Morgan fingerprint density at radius 3 is 2.52 bits per heavy atom. The zero-order valence-corrected chi connectivity index (χ0v) is 19.0. The van der Waals surface area contributed by atoms with E-state index in [-0.39, 0.29) is 11.8 Å². The lowest BCUT2D eigenvalue weighted by Gasteiger charge is -2.11. The summed E-state index contributed by atoms with van der Waals surface area (Å²) in [6.45, 7) is 2.28. The third-order valence-electron chi connectivity index (χ3n) is 4.65. The summed E-state index contributed by atoms with van der Waals surface area (Å²) in [5, 5.41) is 6.70. The third-order valence-corrected chi connectivity index (χ3v) is 6.13. The van der Waals surface area contributed by atoms with Gasteiger partial charge < -0.3 is 20.1 Å². The van der Waals surface area contributed by atoms with Crippen molar-refractivity contribution in [2.24, 2.45) is 0 Å². The predicted molar refractivity (Wildman–Crippen MR) is 124 cm³/mol. The summed E-state index contributed by atoms with van der Waals surface area (Å²) in [7, 11) is 3.20. The number of rotatable bonds is 8. The number of anilines is 1. The zero-order chi connectivity index (χ0) is 22.4. The summed E-state index contributed by atoms with van der Waals surface area (Å²) < 4.78 is 10.6. The molecule has 2 amide bonds. The Morgan fingerprint density at radius 1 is 1.03 bits per heavy atom. The SMILES string of the molecule is COc1ccc(CCNC(=O)c2sc(NC(=O)c3ccccc3Cl)cc2C)c(OC)c1. The van der Waals surface area contributed by atoms with Gasteiger partial charge in [-0.05, 0) is 48.7 Å². The molecule has 3 rings (SSSR count). The molecule has 1 heterocycles. The second-order valence-electron chi connectivity index (χ2n) is 6.74. The summed E-state index contributed by atoms with van der Waals surface area (Å²) in [5.41, 5.74) is 2.15. The van der Waals surface area contributed by atoms with Crippen molar-refractivity contribution in [2.45, 2.75) is 13.3 Å². The number of carbonyl (C=O) groups excluding carboxylic acids is 2. The number of nitrogens with one attached hydrogen (secondary N) is 2. The highest BCUT2D eigenvalue weighted by Gasteiger charge is 2.17. The van der Waals surface area contributed by atoms with Crippen LogP contribution < -0.4 is 20.1 Å². The van der Waals surface area contributed by atoms with Crippen LogP contribution in [0.2, 0.25) is 5.02 Å². The number of methoxy groups -OCH3 is 2. The maximum atomic E-state index is 12.6. The fourth-order valence-electron chi connectivity index (χ4n) is 3.04. The molecule has 0 radical (unpaired) electrons. The molecule has 0 saturated carbocycles. The number of aryl methyl sites for hydroxylation is 1. The van der Waals surface area contributed by atoms with Gasteiger partial charge in [-0.15, -0.1) is 11.3 Å². The van der Waals surface area contributed by atoms with Crippen molar-refractivity contribution in [3.63, 3.8) is 0 Å². The molecule has 8 heteroatoms. The predicted octanol–water partition coefficient (Wildman–Crippen LogP) is 4.95. The Labute approximate surface area is 190 Å². The van der Waals surface area contributed by atoms with Crippen LogP contribution in [0.15, 0.2) is 48.5 Å². The van der Waals surface area contributed by atoms with Gasteiger partial charge in [-0.3, -0.25) is 9.59 Å². The minimum atomic E-state index is -0.314. The van der Waals surface area contributed by atoms with Gasteiger partial charge >= 0.3 is 0 Å². The second kappa shape index (κ2) is 10.3. The Morgan fingerprint density at radius 2 is 1.81 bits per heavy atom. The highest BCUT2D eigenvalue weighted by molar-refractivity contribution is 7.18. The lowest BCUT2D eigenvalue weighted by molar-refractivity contribution is 0.0956. The van der Waals surface area contributed by atoms with E-state index in [1.165, 1.54) is 11.3 Å². The minimum absolute atomic E-state index is 0.187. The largest absolute Gasteiger partial charge is 0.497 e. The van der Waals surface area contributed by atoms with Crippen LogP contribution in [0.1, 0.15) is 31.2 Å². The van der Waals surface area contributed by atoms with E-state index in [1.54, 1.807) is 44.6 Å². The first-order valence-corrected chi connectivity index (χ1v) is 10.8. The van der Waals surface area contributed by atoms with Crippen molar-refractivity contribution in [1.82, 2.24) is 5.32 Å². The average Bonchev–Trinajstić information content (AvgIpc) is 3.13. The molecule has 1 aromatic heterocycles. The van der Waals surface area contributed by atoms with Crippen LogP contribution in [0.4, 0.5) is 5.00 Å². The van der Waals surface area contributed by atoms with Crippen molar-refractivity contribution in [2.75, 3.05) is 26.1 Å². The normalized spacial score (nSPS) is 10.5. The molecule has 31 heavy (non-hydrogen) atoms. The Bertz CT molecular complexity index is 1100. The molecule has 0 saturated heterocycles. The molecule has 2 aromatic carbocycles. The minimum Gasteiger partial charge on any atom is -0.497 e. The number of halogens is 1.